The van der Waals surface area contributed by atoms with Crippen LogP contribution >= 0.6 is 0 Å². The normalized spacial score (nSPS) is 38.8. The second-order valence-corrected chi connectivity index (χ2v) is 9.81. The summed E-state index contributed by atoms with van der Waals surface area (Å²) in [5.41, 5.74) is 0.115. The highest BCUT2D eigenvalue weighted by Gasteiger charge is 2.61. The quantitative estimate of drug-likeness (QED) is 0.568. The summed E-state index contributed by atoms with van der Waals surface area (Å²) in [5, 5.41) is 0. The van der Waals surface area contributed by atoms with Gasteiger partial charge in [0.1, 0.15) is 12.2 Å². The Bertz CT molecular complexity index is 610. The lowest BCUT2D eigenvalue weighted by molar-refractivity contribution is -0.176. The molecule has 0 aromatic carbocycles. The molecule has 140 valence electrons. The number of rotatable bonds is 3. The molecule has 0 amide bonds. The molecule has 0 radical (unpaired) electrons. The van der Waals surface area contributed by atoms with Crippen LogP contribution in [0.1, 0.15) is 61.3 Å². The summed E-state index contributed by atoms with van der Waals surface area (Å²) in [6.45, 7) is 14.2. The van der Waals surface area contributed by atoms with Crippen molar-refractivity contribution in [2.24, 2.45) is 34.5 Å². The molecule has 1 aliphatic heterocycles. The topological polar surface area (TPSA) is 52.6 Å². The van der Waals surface area contributed by atoms with Crippen molar-refractivity contribution in [2.45, 2.75) is 73.5 Å². The molecular formula is C21H32O4. The predicted molar refractivity (Wildman–Crippen MR) is 95.6 cm³/mol. The van der Waals surface area contributed by atoms with Crippen molar-refractivity contribution in [3.05, 3.63) is 11.6 Å². The summed E-state index contributed by atoms with van der Waals surface area (Å²) in [6, 6.07) is 0. The van der Waals surface area contributed by atoms with Crippen molar-refractivity contribution in [1.29, 1.82) is 0 Å². The highest BCUT2D eigenvalue weighted by molar-refractivity contribution is 5.80. The van der Waals surface area contributed by atoms with Gasteiger partial charge in [-0.05, 0) is 44.9 Å². The predicted octanol–water partition coefficient (Wildman–Crippen LogP) is 4.13. The summed E-state index contributed by atoms with van der Waals surface area (Å²) in [6.07, 6.45) is 3.37. The van der Waals surface area contributed by atoms with E-state index in [1.807, 2.05) is 26.8 Å². The van der Waals surface area contributed by atoms with Crippen molar-refractivity contribution in [3.63, 3.8) is 0 Å². The second-order valence-electron chi connectivity index (χ2n) is 9.81. The van der Waals surface area contributed by atoms with E-state index in [4.69, 9.17) is 9.47 Å². The van der Waals surface area contributed by atoms with Gasteiger partial charge < -0.3 is 9.47 Å². The minimum atomic E-state index is -0.715. The molecule has 2 bridgehead atoms. The molecule has 7 atom stereocenters. The van der Waals surface area contributed by atoms with Crippen molar-refractivity contribution in [1.82, 2.24) is 0 Å². The van der Waals surface area contributed by atoms with Gasteiger partial charge in [-0.3, -0.25) is 9.59 Å². The van der Waals surface area contributed by atoms with E-state index in [0.29, 0.717) is 11.8 Å². The van der Waals surface area contributed by atoms with Gasteiger partial charge in [0, 0.05) is 11.8 Å². The first-order valence-corrected chi connectivity index (χ1v) is 9.53. The first kappa shape index (κ1) is 18.5. The number of esters is 2. The van der Waals surface area contributed by atoms with Gasteiger partial charge in [-0.25, -0.2) is 0 Å². The van der Waals surface area contributed by atoms with Crippen LogP contribution in [0, 0.1) is 34.5 Å². The third-order valence-corrected chi connectivity index (χ3v) is 6.79. The lowest BCUT2D eigenvalue weighted by Gasteiger charge is -2.39. The van der Waals surface area contributed by atoms with Gasteiger partial charge in [-0.15, -0.1) is 0 Å². The van der Waals surface area contributed by atoms with Gasteiger partial charge in [0.2, 0.25) is 0 Å². The highest BCUT2D eigenvalue weighted by atomic mass is 16.6. The van der Waals surface area contributed by atoms with Crippen molar-refractivity contribution < 1.29 is 19.1 Å². The van der Waals surface area contributed by atoms with Crippen molar-refractivity contribution in [2.75, 3.05) is 0 Å². The molecule has 2 aliphatic carbocycles. The van der Waals surface area contributed by atoms with Crippen LogP contribution in [0.3, 0.4) is 0 Å². The molecule has 1 saturated heterocycles. The van der Waals surface area contributed by atoms with E-state index in [1.165, 1.54) is 0 Å². The summed E-state index contributed by atoms with van der Waals surface area (Å²) in [7, 11) is 0. The monoisotopic (exact) mass is 348 g/mol. The van der Waals surface area contributed by atoms with Crippen LogP contribution < -0.4 is 0 Å². The number of hydrogen-bond donors (Lipinski definition) is 0. The fourth-order valence-electron chi connectivity index (χ4n) is 4.52. The number of carbonyl (C=O) groups is 2. The molecule has 4 heteroatoms. The van der Waals surface area contributed by atoms with E-state index in [1.54, 1.807) is 0 Å². The van der Waals surface area contributed by atoms with E-state index in [-0.39, 0.29) is 41.4 Å². The first-order chi connectivity index (χ1) is 11.5. The van der Waals surface area contributed by atoms with Gasteiger partial charge >= 0.3 is 11.9 Å². The maximum Gasteiger partial charge on any atom is 0.316 e. The Morgan fingerprint density at radius 1 is 1.20 bits per heavy atom. The zero-order valence-corrected chi connectivity index (χ0v) is 16.6. The zero-order valence-electron chi connectivity index (χ0n) is 16.6. The van der Waals surface area contributed by atoms with Gasteiger partial charge in [0.05, 0.1) is 11.3 Å². The Balaban J connectivity index is 1.86. The van der Waals surface area contributed by atoms with Gasteiger partial charge in [0.15, 0.2) is 0 Å². The summed E-state index contributed by atoms with van der Waals surface area (Å²) < 4.78 is 11.7. The molecule has 3 fully saturated rings. The molecule has 7 unspecified atom stereocenters. The summed E-state index contributed by atoms with van der Waals surface area (Å²) in [5.74, 6) is 0.660. The standard InChI is InChI=1S/C21H32O4/c1-11(2)10-21(7,20(4,5)6)19(23)25-17-15-9-13(15)8-14-12(3)16(17)24-18(14)22/h10,12-17H,8-9H2,1-7H3. The molecule has 2 saturated carbocycles. The molecule has 0 aromatic rings. The Kier molecular flexibility index (Phi) is 4.32. The molecular weight excluding hydrogens is 316 g/mol. The fourth-order valence-corrected chi connectivity index (χ4v) is 4.52. The van der Waals surface area contributed by atoms with Crippen LogP contribution in [-0.4, -0.2) is 24.1 Å². The van der Waals surface area contributed by atoms with Crippen LogP contribution in [0.2, 0.25) is 0 Å². The maximum absolute atomic E-state index is 13.2. The van der Waals surface area contributed by atoms with E-state index in [9.17, 15) is 9.59 Å². The third kappa shape index (κ3) is 3.02. The lowest BCUT2D eigenvalue weighted by Crippen LogP contribution is -2.45. The molecule has 25 heavy (non-hydrogen) atoms. The van der Waals surface area contributed by atoms with Crippen LogP contribution in [-0.2, 0) is 19.1 Å². The minimum absolute atomic E-state index is 0.0181. The Hall–Kier alpha value is -1.32. The third-order valence-electron chi connectivity index (χ3n) is 6.79. The molecule has 0 spiro atoms. The largest absolute Gasteiger partial charge is 0.458 e. The van der Waals surface area contributed by atoms with Crippen LogP contribution in [0.4, 0.5) is 0 Å². The van der Waals surface area contributed by atoms with Gasteiger partial charge in [0.25, 0.3) is 0 Å². The summed E-state index contributed by atoms with van der Waals surface area (Å²) >= 11 is 0. The smallest absolute Gasteiger partial charge is 0.316 e. The Morgan fingerprint density at radius 2 is 1.84 bits per heavy atom. The van der Waals surface area contributed by atoms with Crippen molar-refractivity contribution in [3.8, 4) is 0 Å². The fraction of sp³-hybridized carbons (Fsp3) is 0.810. The number of hydrogen-bond acceptors (Lipinski definition) is 4. The zero-order chi connectivity index (χ0) is 18.7. The van der Waals surface area contributed by atoms with Crippen molar-refractivity contribution >= 4 is 11.9 Å². The Labute approximate surface area is 151 Å². The number of ether oxygens (including phenoxy) is 2. The molecule has 3 rings (SSSR count). The lowest BCUT2D eigenvalue weighted by atomic mass is 9.67. The molecule has 0 N–H and O–H groups in total. The second kappa shape index (κ2) is 5.85. The van der Waals surface area contributed by atoms with E-state index in [2.05, 4.69) is 27.7 Å². The van der Waals surface area contributed by atoms with Crippen LogP contribution in [0.25, 0.3) is 0 Å². The Morgan fingerprint density at radius 3 is 2.40 bits per heavy atom. The maximum atomic E-state index is 13.2. The number of fused-ring (bicyclic) bond motifs is 3. The average Bonchev–Trinajstić information content (AvgIpc) is 3.17. The van der Waals surface area contributed by atoms with Gasteiger partial charge in [-0.2, -0.15) is 0 Å². The molecule has 4 nitrogen and oxygen atoms in total. The first-order valence-electron chi connectivity index (χ1n) is 9.53. The van der Waals surface area contributed by atoms with Crippen LogP contribution in [0.15, 0.2) is 11.6 Å². The summed E-state index contributed by atoms with van der Waals surface area (Å²) in [4.78, 5) is 25.4. The van der Waals surface area contributed by atoms with E-state index < -0.39 is 5.41 Å². The minimum Gasteiger partial charge on any atom is -0.458 e. The highest BCUT2D eigenvalue weighted by Crippen LogP contribution is 2.56. The van der Waals surface area contributed by atoms with Crippen LogP contribution in [0.5, 0.6) is 0 Å². The average molecular weight is 348 g/mol. The molecule has 3 aliphatic rings. The number of carbonyl (C=O) groups excluding carboxylic acids is 2. The van der Waals surface area contributed by atoms with Gasteiger partial charge in [-0.1, -0.05) is 39.3 Å². The number of allylic oxidation sites excluding steroid dienone is 1. The van der Waals surface area contributed by atoms with E-state index >= 15 is 0 Å². The molecule has 1 heterocycles. The molecule has 0 aromatic heterocycles. The SMILES string of the molecule is CC(C)=CC(C)(C(=O)OC1C2CC2CC2C(=O)OC1C2C)C(C)(C)C. The van der Waals surface area contributed by atoms with E-state index in [0.717, 1.165) is 18.4 Å².